The summed E-state index contributed by atoms with van der Waals surface area (Å²) in [4.78, 5) is 15.2. The fourth-order valence-electron chi connectivity index (χ4n) is 3.85. The van der Waals surface area contributed by atoms with Gasteiger partial charge in [0.15, 0.2) is 0 Å². The Hall–Kier alpha value is -2.43. The number of carbonyl (C=O) groups excluding carboxylic acids is 1. The van der Waals surface area contributed by atoms with Gasteiger partial charge in [-0.05, 0) is 58.5 Å². The molecule has 0 saturated carbocycles. The summed E-state index contributed by atoms with van der Waals surface area (Å²) in [6, 6.07) is 21.0. The summed E-state index contributed by atoms with van der Waals surface area (Å²) in [5.41, 5.74) is 4.93. The maximum Gasteiger partial charge on any atom is 0.237 e. The molecule has 1 fully saturated rings. The van der Waals surface area contributed by atoms with Crippen LogP contribution in [0.25, 0.3) is 11.1 Å². The van der Waals surface area contributed by atoms with Gasteiger partial charge in [-0.25, -0.2) is 0 Å². The fourth-order valence-corrected chi connectivity index (χ4v) is 4.51. The molecular weight excluding hydrogens is 364 g/mol. The molecule has 0 aliphatic carbocycles. The largest absolute Gasteiger partial charge is 0.351 e. The zero-order valence-electron chi connectivity index (χ0n) is 16.0. The van der Waals surface area contributed by atoms with Gasteiger partial charge in [0, 0.05) is 13.1 Å². The van der Waals surface area contributed by atoms with Gasteiger partial charge >= 0.3 is 0 Å². The van der Waals surface area contributed by atoms with Crippen molar-refractivity contribution in [3.8, 4) is 11.1 Å². The van der Waals surface area contributed by atoms with Crippen LogP contribution in [-0.2, 0) is 17.9 Å². The normalized spacial score (nSPS) is 17.4. The molecule has 0 radical (unpaired) electrons. The van der Waals surface area contributed by atoms with E-state index < -0.39 is 0 Å². The van der Waals surface area contributed by atoms with E-state index in [1.54, 1.807) is 11.3 Å². The first-order valence-corrected chi connectivity index (χ1v) is 10.9. The summed E-state index contributed by atoms with van der Waals surface area (Å²) in [5.74, 6) is 0.151. The van der Waals surface area contributed by atoms with Gasteiger partial charge in [-0.2, -0.15) is 11.3 Å². The van der Waals surface area contributed by atoms with Crippen molar-refractivity contribution in [1.82, 2.24) is 10.2 Å². The van der Waals surface area contributed by atoms with Crippen molar-refractivity contribution in [1.29, 1.82) is 0 Å². The molecule has 3 aromatic rings. The fraction of sp³-hybridized carbons (Fsp3) is 0.292. The number of hydrogen-bond donors (Lipinski definition) is 1. The van der Waals surface area contributed by atoms with E-state index in [4.69, 9.17) is 0 Å². The number of hydrogen-bond acceptors (Lipinski definition) is 3. The number of benzene rings is 2. The molecule has 1 aliphatic rings. The smallest absolute Gasteiger partial charge is 0.237 e. The van der Waals surface area contributed by atoms with Crippen molar-refractivity contribution < 1.29 is 4.79 Å². The van der Waals surface area contributed by atoms with Crippen LogP contribution < -0.4 is 5.32 Å². The lowest BCUT2D eigenvalue weighted by atomic mass is 9.99. The van der Waals surface area contributed by atoms with Crippen molar-refractivity contribution in [2.24, 2.45) is 0 Å². The number of nitrogens with zero attached hydrogens (tertiary/aromatic N) is 1. The highest BCUT2D eigenvalue weighted by Crippen LogP contribution is 2.24. The SMILES string of the molecule is O=C(NCc1ccccc1)C1CCCCN1Cc1ccc(-c2ccsc2)cc1. The molecular formula is C24H26N2OS. The maximum absolute atomic E-state index is 12.8. The minimum atomic E-state index is -0.0333. The van der Waals surface area contributed by atoms with Gasteiger partial charge in [-0.15, -0.1) is 0 Å². The number of amides is 1. The Bertz CT molecular complexity index is 875. The molecule has 1 aliphatic heterocycles. The van der Waals surface area contributed by atoms with Crippen LogP contribution in [0, 0.1) is 0 Å². The lowest BCUT2D eigenvalue weighted by Gasteiger charge is -2.34. The molecule has 4 heteroatoms. The second kappa shape index (κ2) is 9.18. The average molecular weight is 391 g/mol. The van der Waals surface area contributed by atoms with Crippen molar-refractivity contribution in [3.05, 3.63) is 82.6 Å². The lowest BCUT2D eigenvalue weighted by molar-refractivity contribution is -0.128. The first kappa shape index (κ1) is 18.9. The van der Waals surface area contributed by atoms with Crippen molar-refractivity contribution in [3.63, 3.8) is 0 Å². The third-order valence-electron chi connectivity index (χ3n) is 5.42. The van der Waals surface area contributed by atoms with Gasteiger partial charge in [0.25, 0.3) is 0 Å². The van der Waals surface area contributed by atoms with Crippen LogP contribution >= 0.6 is 11.3 Å². The van der Waals surface area contributed by atoms with Crippen LogP contribution in [0.5, 0.6) is 0 Å². The van der Waals surface area contributed by atoms with Gasteiger partial charge in [-0.1, -0.05) is 61.0 Å². The molecule has 4 rings (SSSR count). The lowest BCUT2D eigenvalue weighted by Crippen LogP contribution is -2.48. The van der Waals surface area contributed by atoms with E-state index in [1.165, 1.54) is 16.7 Å². The molecule has 2 aromatic carbocycles. The van der Waals surface area contributed by atoms with E-state index in [0.29, 0.717) is 6.54 Å². The van der Waals surface area contributed by atoms with Gasteiger partial charge in [-0.3, -0.25) is 9.69 Å². The van der Waals surface area contributed by atoms with E-state index in [2.05, 4.69) is 51.3 Å². The Morgan fingerprint density at radius 2 is 1.79 bits per heavy atom. The Morgan fingerprint density at radius 3 is 2.54 bits per heavy atom. The quantitative estimate of drug-likeness (QED) is 0.636. The average Bonchev–Trinajstić information content (AvgIpc) is 3.29. The molecule has 2 heterocycles. The first-order chi connectivity index (χ1) is 13.8. The maximum atomic E-state index is 12.8. The monoisotopic (exact) mass is 390 g/mol. The standard InChI is InChI=1S/C24H26N2OS/c27-24(25-16-19-6-2-1-3-7-19)23-8-4-5-14-26(23)17-20-9-11-21(12-10-20)22-13-15-28-18-22/h1-3,6-7,9-13,15,18,23H,4-5,8,14,16-17H2,(H,25,27). The minimum absolute atomic E-state index is 0.0333. The van der Waals surface area contributed by atoms with Crippen LogP contribution in [0.4, 0.5) is 0 Å². The summed E-state index contributed by atoms with van der Waals surface area (Å²) in [7, 11) is 0. The Labute approximate surface area is 171 Å². The highest BCUT2D eigenvalue weighted by Gasteiger charge is 2.28. The molecule has 0 bridgehead atoms. The van der Waals surface area contributed by atoms with E-state index >= 15 is 0 Å². The minimum Gasteiger partial charge on any atom is -0.351 e. The zero-order valence-corrected chi connectivity index (χ0v) is 16.8. The van der Waals surface area contributed by atoms with Crippen LogP contribution in [0.15, 0.2) is 71.4 Å². The predicted octanol–water partition coefficient (Wildman–Crippen LogP) is 5.09. The highest BCUT2D eigenvalue weighted by molar-refractivity contribution is 7.08. The second-order valence-electron chi connectivity index (χ2n) is 7.39. The second-order valence-corrected chi connectivity index (χ2v) is 8.17. The van der Waals surface area contributed by atoms with Crippen LogP contribution in [0.2, 0.25) is 0 Å². The molecule has 1 atom stereocenters. The molecule has 0 spiro atoms. The summed E-state index contributed by atoms with van der Waals surface area (Å²) in [6.45, 7) is 2.41. The Morgan fingerprint density at radius 1 is 0.964 bits per heavy atom. The predicted molar refractivity (Wildman–Crippen MR) is 116 cm³/mol. The van der Waals surface area contributed by atoms with Gasteiger partial charge in [0.2, 0.25) is 5.91 Å². The molecule has 1 aromatic heterocycles. The number of thiophene rings is 1. The topological polar surface area (TPSA) is 32.3 Å². The molecule has 144 valence electrons. The molecule has 3 nitrogen and oxygen atoms in total. The summed E-state index contributed by atoms with van der Waals surface area (Å²) >= 11 is 1.72. The Kier molecular flexibility index (Phi) is 6.20. The van der Waals surface area contributed by atoms with Gasteiger partial charge in [0.1, 0.15) is 0 Å². The van der Waals surface area contributed by atoms with Gasteiger partial charge in [0.05, 0.1) is 6.04 Å². The third-order valence-corrected chi connectivity index (χ3v) is 6.10. The van der Waals surface area contributed by atoms with Crippen molar-refractivity contribution in [2.45, 2.75) is 38.4 Å². The van der Waals surface area contributed by atoms with Crippen LogP contribution in [-0.4, -0.2) is 23.4 Å². The number of likely N-dealkylation sites (tertiary alicyclic amines) is 1. The number of carbonyl (C=O) groups is 1. The van der Waals surface area contributed by atoms with E-state index in [-0.39, 0.29) is 11.9 Å². The van der Waals surface area contributed by atoms with Gasteiger partial charge < -0.3 is 5.32 Å². The molecule has 1 N–H and O–H groups in total. The van der Waals surface area contributed by atoms with E-state index in [1.807, 2.05) is 30.3 Å². The number of piperidine rings is 1. The molecule has 1 amide bonds. The van der Waals surface area contributed by atoms with Crippen LogP contribution in [0.1, 0.15) is 30.4 Å². The zero-order chi connectivity index (χ0) is 19.2. The van der Waals surface area contributed by atoms with Crippen molar-refractivity contribution >= 4 is 17.2 Å². The van der Waals surface area contributed by atoms with E-state index in [0.717, 1.165) is 37.9 Å². The molecule has 28 heavy (non-hydrogen) atoms. The summed E-state index contributed by atoms with van der Waals surface area (Å²) in [6.07, 6.45) is 3.22. The summed E-state index contributed by atoms with van der Waals surface area (Å²) < 4.78 is 0. The summed E-state index contributed by atoms with van der Waals surface area (Å²) in [5, 5.41) is 7.41. The van der Waals surface area contributed by atoms with Crippen LogP contribution in [0.3, 0.4) is 0 Å². The molecule has 1 unspecified atom stereocenters. The first-order valence-electron chi connectivity index (χ1n) is 9.97. The third kappa shape index (κ3) is 4.70. The molecule has 1 saturated heterocycles. The Balaban J connectivity index is 1.38. The van der Waals surface area contributed by atoms with E-state index in [9.17, 15) is 4.79 Å². The number of nitrogens with one attached hydrogen (secondary N) is 1. The van der Waals surface area contributed by atoms with Crippen molar-refractivity contribution in [2.75, 3.05) is 6.54 Å². The number of rotatable bonds is 6. The highest BCUT2D eigenvalue weighted by atomic mass is 32.1.